The third kappa shape index (κ3) is 6.08. The fourth-order valence-electron chi connectivity index (χ4n) is 1.67. The molecule has 6 nitrogen and oxygen atoms in total. The predicted molar refractivity (Wildman–Crippen MR) is 73.7 cm³/mol. The zero-order valence-electron chi connectivity index (χ0n) is 11.1. The number of nitrogens with zero attached hydrogens (tertiary/aromatic N) is 1. The Morgan fingerprint density at radius 1 is 1.53 bits per heavy atom. The normalized spacial score (nSPS) is 12.4. The van der Waals surface area contributed by atoms with Crippen molar-refractivity contribution in [3.63, 3.8) is 0 Å². The molecule has 1 aromatic rings. The highest BCUT2D eigenvalue weighted by molar-refractivity contribution is 5.75. The number of amides is 1. The van der Waals surface area contributed by atoms with Crippen molar-refractivity contribution in [2.24, 2.45) is 5.73 Å². The van der Waals surface area contributed by atoms with Crippen LogP contribution in [0, 0.1) is 0 Å². The van der Waals surface area contributed by atoms with E-state index in [0.717, 1.165) is 0 Å². The molecule has 0 fully saturated rings. The summed E-state index contributed by atoms with van der Waals surface area (Å²) in [6, 6.07) is 7.00. The average molecular weight is 267 g/mol. The van der Waals surface area contributed by atoms with Crippen LogP contribution in [0.1, 0.15) is 6.92 Å². The number of aliphatic hydroxyl groups excluding tert-OH is 1. The molecule has 0 aliphatic rings. The lowest BCUT2D eigenvalue weighted by molar-refractivity contribution is -0.119. The average Bonchev–Trinajstić information content (AvgIpc) is 2.35. The van der Waals surface area contributed by atoms with Crippen LogP contribution in [-0.4, -0.2) is 48.3 Å². The first-order valence-electron chi connectivity index (χ1n) is 6.18. The number of nitrogens with two attached hydrogens (primary N) is 2. The minimum absolute atomic E-state index is 0.131. The smallest absolute Gasteiger partial charge is 0.231 e. The molecule has 1 unspecified atom stereocenters. The molecule has 0 spiro atoms. The van der Waals surface area contributed by atoms with Crippen LogP contribution in [0.5, 0.6) is 5.75 Å². The number of likely N-dealkylation sites (N-methyl/N-ethyl adjacent to an activating group) is 1. The van der Waals surface area contributed by atoms with Gasteiger partial charge in [0.15, 0.2) is 0 Å². The Labute approximate surface area is 112 Å². The van der Waals surface area contributed by atoms with Crippen LogP contribution in [0.3, 0.4) is 0 Å². The fraction of sp³-hybridized carbons (Fsp3) is 0.462. The van der Waals surface area contributed by atoms with Gasteiger partial charge in [-0.1, -0.05) is 13.0 Å². The molecular weight excluding hydrogens is 246 g/mol. The Balaban J connectivity index is 2.38. The first-order valence-corrected chi connectivity index (χ1v) is 6.18. The van der Waals surface area contributed by atoms with Gasteiger partial charge in [-0.15, -0.1) is 0 Å². The Bertz CT molecular complexity index is 412. The highest BCUT2D eigenvalue weighted by Gasteiger charge is 2.13. The molecule has 1 aromatic carbocycles. The maximum absolute atomic E-state index is 10.8. The highest BCUT2D eigenvalue weighted by atomic mass is 16.5. The second kappa shape index (κ2) is 7.60. The number of hydrogen-bond acceptors (Lipinski definition) is 5. The fourth-order valence-corrected chi connectivity index (χ4v) is 1.67. The van der Waals surface area contributed by atoms with Gasteiger partial charge in [-0.25, -0.2) is 0 Å². The van der Waals surface area contributed by atoms with Crippen LogP contribution in [0.4, 0.5) is 5.69 Å². The van der Waals surface area contributed by atoms with E-state index < -0.39 is 12.0 Å². The number of aliphatic hydroxyl groups is 1. The molecular formula is C13H21N3O3. The summed E-state index contributed by atoms with van der Waals surface area (Å²) in [5, 5.41) is 9.84. The minimum Gasteiger partial charge on any atom is -0.491 e. The predicted octanol–water partition coefficient (Wildman–Crippen LogP) is -0.184. The number of rotatable bonds is 8. The number of anilines is 1. The summed E-state index contributed by atoms with van der Waals surface area (Å²) in [6.45, 7) is 3.14. The van der Waals surface area contributed by atoms with E-state index in [4.69, 9.17) is 16.2 Å². The van der Waals surface area contributed by atoms with Crippen molar-refractivity contribution in [2.75, 3.05) is 32.0 Å². The molecule has 19 heavy (non-hydrogen) atoms. The maximum Gasteiger partial charge on any atom is 0.231 e. The summed E-state index contributed by atoms with van der Waals surface area (Å²) in [6.07, 6.45) is -0.694. The van der Waals surface area contributed by atoms with Crippen LogP contribution >= 0.6 is 0 Å². The van der Waals surface area contributed by atoms with Crippen LogP contribution in [-0.2, 0) is 4.79 Å². The Hall–Kier alpha value is -1.79. The van der Waals surface area contributed by atoms with Gasteiger partial charge in [-0.2, -0.15) is 0 Å². The monoisotopic (exact) mass is 267 g/mol. The number of primary amides is 1. The molecule has 1 amide bonds. The van der Waals surface area contributed by atoms with E-state index in [1.165, 1.54) is 0 Å². The van der Waals surface area contributed by atoms with Crippen molar-refractivity contribution in [3.8, 4) is 5.75 Å². The van der Waals surface area contributed by atoms with Crippen molar-refractivity contribution in [2.45, 2.75) is 13.0 Å². The lowest BCUT2D eigenvalue weighted by Crippen LogP contribution is -2.40. The van der Waals surface area contributed by atoms with Gasteiger partial charge in [0.2, 0.25) is 5.91 Å². The van der Waals surface area contributed by atoms with E-state index in [-0.39, 0.29) is 13.2 Å². The second-order valence-electron chi connectivity index (χ2n) is 4.33. The SMILES string of the molecule is CCN(CC(N)=O)CC(O)COc1cccc(N)c1. The molecule has 6 heteroatoms. The lowest BCUT2D eigenvalue weighted by atomic mass is 10.3. The molecule has 0 saturated heterocycles. The van der Waals surface area contributed by atoms with E-state index in [2.05, 4.69) is 0 Å². The van der Waals surface area contributed by atoms with E-state index in [9.17, 15) is 9.90 Å². The second-order valence-corrected chi connectivity index (χ2v) is 4.33. The van der Waals surface area contributed by atoms with E-state index in [0.29, 0.717) is 24.5 Å². The van der Waals surface area contributed by atoms with Gasteiger partial charge in [0.05, 0.1) is 6.54 Å². The van der Waals surface area contributed by atoms with Crippen molar-refractivity contribution in [1.29, 1.82) is 0 Å². The Morgan fingerprint density at radius 2 is 2.26 bits per heavy atom. The van der Waals surface area contributed by atoms with Gasteiger partial charge in [-0.05, 0) is 18.7 Å². The van der Waals surface area contributed by atoms with Crippen molar-refractivity contribution in [3.05, 3.63) is 24.3 Å². The van der Waals surface area contributed by atoms with Gasteiger partial charge in [0.1, 0.15) is 18.5 Å². The summed E-state index contributed by atoms with van der Waals surface area (Å²) < 4.78 is 5.43. The minimum atomic E-state index is -0.694. The van der Waals surface area contributed by atoms with Crippen LogP contribution in [0.2, 0.25) is 0 Å². The molecule has 0 aliphatic carbocycles. The number of hydrogen-bond donors (Lipinski definition) is 3. The van der Waals surface area contributed by atoms with E-state index >= 15 is 0 Å². The lowest BCUT2D eigenvalue weighted by Gasteiger charge is -2.22. The van der Waals surface area contributed by atoms with Gasteiger partial charge in [0.25, 0.3) is 0 Å². The summed E-state index contributed by atoms with van der Waals surface area (Å²) in [7, 11) is 0. The van der Waals surface area contributed by atoms with Crippen molar-refractivity contribution >= 4 is 11.6 Å². The summed E-state index contributed by atoms with van der Waals surface area (Å²) in [5.41, 5.74) is 11.3. The molecule has 0 radical (unpaired) electrons. The zero-order valence-corrected chi connectivity index (χ0v) is 11.1. The Morgan fingerprint density at radius 3 is 2.84 bits per heavy atom. The van der Waals surface area contributed by atoms with Gasteiger partial charge in [-0.3, -0.25) is 9.69 Å². The number of carbonyl (C=O) groups is 1. The van der Waals surface area contributed by atoms with Gasteiger partial charge >= 0.3 is 0 Å². The van der Waals surface area contributed by atoms with Crippen LogP contribution < -0.4 is 16.2 Å². The first kappa shape index (κ1) is 15.3. The third-order valence-electron chi connectivity index (χ3n) is 2.60. The number of ether oxygens (including phenoxy) is 1. The molecule has 0 bridgehead atoms. The molecule has 0 aliphatic heterocycles. The quantitative estimate of drug-likeness (QED) is 0.567. The Kier molecular flexibility index (Phi) is 6.11. The summed E-state index contributed by atoms with van der Waals surface area (Å²) in [4.78, 5) is 12.6. The molecule has 0 heterocycles. The van der Waals surface area contributed by atoms with Crippen molar-refractivity contribution in [1.82, 2.24) is 4.90 Å². The largest absolute Gasteiger partial charge is 0.491 e. The molecule has 1 atom stereocenters. The molecule has 5 N–H and O–H groups in total. The number of nitrogen functional groups attached to an aromatic ring is 1. The van der Waals surface area contributed by atoms with E-state index in [1.807, 2.05) is 6.92 Å². The van der Waals surface area contributed by atoms with Crippen LogP contribution in [0.25, 0.3) is 0 Å². The first-order chi connectivity index (χ1) is 9.01. The maximum atomic E-state index is 10.8. The number of carbonyl (C=O) groups excluding carboxylic acids is 1. The zero-order chi connectivity index (χ0) is 14.3. The highest BCUT2D eigenvalue weighted by Crippen LogP contribution is 2.14. The van der Waals surface area contributed by atoms with E-state index in [1.54, 1.807) is 29.2 Å². The topological polar surface area (TPSA) is 102 Å². The molecule has 0 saturated carbocycles. The van der Waals surface area contributed by atoms with Crippen molar-refractivity contribution < 1.29 is 14.6 Å². The molecule has 1 rings (SSSR count). The molecule has 0 aromatic heterocycles. The van der Waals surface area contributed by atoms with Crippen LogP contribution in [0.15, 0.2) is 24.3 Å². The summed E-state index contributed by atoms with van der Waals surface area (Å²) >= 11 is 0. The number of benzene rings is 1. The standard InChI is InChI=1S/C13H21N3O3/c1-2-16(8-13(15)18)7-11(17)9-19-12-5-3-4-10(14)6-12/h3-6,11,17H,2,7-9,14H2,1H3,(H2,15,18). The van der Waals surface area contributed by atoms with Gasteiger partial charge < -0.3 is 21.3 Å². The third-order valence-corrected chi connectivity index (χ3v) is 2.60. The van der Waals surface area contributed by atoms with Gasteiger partial charge in [0, 0.05) is 18.3 Å². The summed E-state index contributed by atoms with van der Waals surface area (Å²) in [5.74, 6) is 0.197. The molecule has 106 valence electrons.